The van der Waals surface area contributed by atoms with E-state index in [9.17, 15) is 4.79 Å². The maximum Gasteiger partial charge on any atom is 0.255 e. The third-order valence-corrected chi connectivity index (χ3v) is 1.80. The third-order valence-electron chi connectivity index (χ3n) is 0.787. The maximum absolute atomic E-state index is 10.7. The van der Waals surface area contributed by atoms with E-state index in [2.05, 4.69) is 0 Å². The van der Waals surface area contributed by atoms with E-state index in [1.54, 1.807) is 0 Å². The number of nitrogens with one attached hydrogen (secondary N) is 1. The summed E-state index contributed by atoms with van der Waals surface area (Å²) in [6.45, 7) is 0. The molecular weight excluding hydrogens is 271 g/mol. The zero-order valence-electron chi connectivity index (χ0n) is 5.40. The van der Waals surface area contributed by atoms with Crippen LogP contribution in [0.4, 0.5) is 0 Å². The zero-order chi connectivity index (χ0) is 9.94. The van der Waals surface area contributed by atoms with E-state index in [0.717, 1.165) is 0 Å². The standard InChI is InChI=1S/C4H4Cl5NO2/c5-1(6)2(11)10-3(12)4(7,8)9/h1,3,12H,(H,10,11)/t3-/m0/s1. The van der Waals surface area contributed by atoms with E-state index >= 15 is 0 Å². The second kappa shape index (κ2) is 4.94. The average Bonchev–Trinajstić information content (AvgIpc) is 1.85. The Labute approximate surface area is 93.9 Å². The van der Waals surface area contributed by atoms with Crippen LogP contribution in [0.15, 0.2) is 0 Å². The normalized spacial score (nSPS) is 14.6. The first-order valence-corrected chi connectivity index (χ1v) is 4.59. The summed E-state index contributed by atoms with van der Waals surface area (Å²) in [5.41, 5.74) is 0. The van der Waals surface area contributed by atoms with Crippen molar-refractivity contribution in [3.8, 4) is 0 Å². The number of amides is 1. The molecule has 72 valence electrons. The first kappa shape index (κ1) is 12.9. The number of carbonyl (C=O) groups is 1. The van der Waals surface area contributed by atoms with Crippen LogP contribution >= 0.6 is 58.0 Å². The van der Waals surface area contributed by atoms with Crippen LogP contribution in [0.25, 0.3) is 0 Å². The van der Waals surface area contributed by atoms with Crippen molar-refractivity contribution in [2.24, 2.45) is 0 Å². The van der Waals surface area contributed by atoms with Crippen molar-refractivity contribution < 1.29 is 9.90 Å². The van der Waals surface area contributed by atoms with Gasteiger partial charge in [-0.3, -0.25) is 4.79 Å². The fourth-order valence-corrected chi connectivity index (χ4v) is 0.569. The molecular formula is C4H4Cl5NO2. The molecule has 12 heavy (non-hydrogen) atoms. The summed E-state index contributed by atoms with van der Waals surface area (Å²) in [5, 5.41) is 10.8. The number of carbonyl (C=O) groups excluding carboxylic acids is 1. The number of hydrogen-bond acceptors (Lipinski definition) is 2. The van der Waals surface area contributed by atoms with E-state index in [-0.39, 0.29) is 0 Å². The molecule has 0 radical (unpaired) electrons. The fourth-order valence-electron chi connectivity index (χ4n) is 0.280. The predicted octanol–water partition coefficient (Wildman–Crippen LogP) is 1.59. The molecule has 8 heteroatoms. The molecule has 2 N–H and O–H groups in total. The third kappa shape index (κ3) is 4.80. The number of aliphatic hydroxyl groups excluding tert-OH is 1. The Morgan fingerprint density at radius 1 is 1.33 bits per heavy atom. The van der Waals surface area contributed by atoms with Gasteiger partial charge in [0.25, 0.3) is 5.91 Å². The Morgan fingerprint density at radius 2 is 1.75 bits per heavy atom. The van der Waals surface area contributed by atoms with Gasteiger partial charge in [0, 0.05) is 0 Å². The molecule has 0 aromatic carbocycles. The van der Waals surface area contributed by atoms with Crippen LogP contribution < -0.4 is 5.32 Å². The average molecular weight is 275 g/mol. The van der Waals surface area contributed by atoms with E-state index in [0.29, 0.717) is 0 Å². The Bertz CT molecular complexity index is 167. The van der Waals surface area contributed by atoms with Gasteiger partial charge in [-0.2, -0.15) is 0 Å². The molecule has 0 aliphatic rings. The van der Waals surface area contributed by atoms with Crippen molar-refractivity contribution in [3.63, 3.8) is 0 Å². The quantitative estimate of drug-likeness (QED) is 0.594. The molecule has 0 unspecified atom stereocenters. The molecule has 0 aliphatic heterocycles. The second-order valence-electron chi connectivity index (χ2n) is 1.75. The molecule has 0 aromatic heterocycles. The van der Waals surface area contributed by atoms with Gasteiger partial charge in [-0.1, -0.05) is 58.0 Å². The highest BCUT2D eigenvalue weighted by Gasteiger charge is 2.32. The lowest BCUT2D eigenvalue weighted by molar-refractivity contribution is -0.122. The zero-order valence-corrected chi connectivity index (χ0v) is 9.18. The molecule has 0 spiro atoms. The fraction of sp³-hybridized carbons (Fsp3) is 0.750. The lowest BCUT2D eigenvalue weighted by atomic mass is 10.6. The summed E-state index contributed by atoms with van der Waals surface area (Å²) >= 11 is 25.9. The Morgan fingerprint density at radius 3 is 2.00 bits per heavy atom. The summed E-state index contributed by atoms with van der Waals surface area (Å²) < 4.78 is -2.00. The smallest absolute Gasteiger partial charge is 0.255 e. The Balaban J connectivity index is 4.02. The molecule has 0 aromatic rings. The second-order valence-corrected chi connectivity index (χ2v) is 5.22. The van der Waals surface area contributed by atoms with Gasteiger partial charge in [-0.15, -0.1) is 0 Å². The predicted molar refractivity (Wildman–Crippen MR) is 49.9 cm³/mol. The lowest BCUT2D eigenvalue weighted by Crippen LogP contribution is -2.45. The van der Waals surface area contributed by atoms with Crippen LogP contribution in [0.5, 0.6) is 0 Å². The maximum atomic E-state index is 10.7. The molecule has 0 fully saturated rings. The molecule has 0 heterocycles. The van der Waals surface area contributed by atoms with Crippen LogP contribution in [0.2, 0.25) is 0 Å². The summed E-state index contributed by atoms with van der Waals surface area (Å²) in [5.74, 6) is -0.836. The topological polar surface area (TPSA) is 49.3 Å². The number of aliphatic hydroxyl groups is 1. The highest BCUT2D eigenvalue weighted by molar-refractivity contribution is 6.68. The minimum absolute atomic E-state index is 0.836. The summed E-state index contributed by atoms with van der Waals surface area (Å²) in [4.78, 5) is 9.38. The molecule has 0 aliphatic carbocycles. The number of halogens is 5. The van der Waals surface area contributed by atoms with Gasteiger partial charge in [0.15, 0.2) is 11.1 Å². The number of hydrogen-bond donors (Lipinski definition) is 2. The van der Waals surface area contributed by atoms with Crippen LogP contribution in [0.1, 0.15) is 0 Å². The molecule has 3 nitrogen and oxygen atoms in total. The van der Waals surface area contributed by atoms with Gasteiger partial charge < -0.3 is 10.4 Å². The van der Waals surface area contributed by atoms with E-state index in [1.165, 1.54) is 0 Å². The van der Waals surface area contributed by atoms with Gasteiger partial charge in [0.2, 0.25) is 3.79 Å². The minimum atomic E-state index is -2.00. The van der Waals surface area contributed by atoms with Crippen molar-refractivity contribution in [1.29, 1.82) is 0 Å². The van der Waals surface area contributed by atoms with Gasteiger partial charge in [-0.05, 0) is 0 Å². The van der Waals surface area contributed by atoms with E-state index in [4.69, 9.17) is 63.1 Å². The minimum Gasteiger partial charge on any atom is -0.369 e. The molecule has 1 atom stereocenters. The van der Waals surface area contributed by atoms with Crippen LogP contribution in [0, 0.1) is 0 Å². The molecule has 1 amide bonds. The van der Waals surface area contributed by atoms with Gasteiger partial charge in [-0.25, -0.2) is 0 Å². The van der Waals surface area contributed by atoms with Crippen molar-refractivity contribution in [3.05, 3.63) is 0 Å². The van der Waals surface area contributed by atoms with Crippen LogP contribution in [0.3, 0.4) is 0 Å². The monoisotopic (exact) mass is 273 g/mol. The SMILES string of the molecule is O=C(N[C@@H](O)C(Cl)(Cl)Cl)C(Cl)Cl. The van der Waals surface area contributed by atoms with Crippen molar-refractivity contribution >= 4 is 63.9 Å². The first-order chi connectivity index (χ1) is 5.25. The molecule has 0 rings (SSSR count). The van der Waals surface area contributed by atoms with Crippen molar-refractivity contribution in [1.82, 2.24) is 5.32 Å². The van der Waals surface area contributed by atoms with Gasteiger partial charge >= 0.3 is 0 Å². The van der Waals surface area contributed by atoms with E-state index < -0.39 is 20.8 Å². The van der Waals surface area contributed by atoms with E-state index in [1.807, 2.05) is 5.32 Å². The summed E-state index contributed by atoms with van der Waals surface area (Å²) in [6, 6.07) is 0. The van der Waals surface area contributed by atoms with Crippen LogP contribution in [-0.4, -0.2) is 25.9 Å². The number of alkyl halides is 5. The Kier molecular flexibility index (Phi) is 5.30. The van der Waals surface area contributed by atoms with Crippen molar-refractivity contribution in [2.75, 3.05) is 0 Å². The molecule has 0 bridgehead atoms. The first-order valence-electron chi connectivity index (χ1n) is 2.58. The molecule has 0 saturated carbocycles. The highest BCUT2D eigenvalue weighted by atomic mass is 35.6. The summed E-state index contributed by atoms with van der Waals surface area (Å²) in [6.07, 6.45) is -1.64. The lowest BCUT2D eigenvalue weighted by Gasteiger charge is -2.19. The van der Waals surface area contributed by atoms with Crippen molar-refractivity contribution in [2.45, 2.75) is 14.9 Å². The summed E-state index contributed by atoms with van der Waals surface area (Å²) in [7, 11) is 0. The Hall–Kier alpha value is 0.880. The van der Waals surface area contributed by atoms with Crippen LogP contribution in [-0.2, 0) is 4.79 Å². The van der Waals surface area contributed by atoms with Gasteiger partial charge in [0.05, 0.1) is 0 Å². The van der Waals surface area contributed by atoms with Gasteiger partial charge in [0.1, 0.15) is 0 Å². The largest absolute Gasteiger partial charge is 0.369 e. The molecule has 0 saturated heterocycles. The number of rotatable bonds is 2. The highest BCUT2D eigenvalue weighted by Crippen LogP contribution is 2.28.